The normalized spacial score (nSPS) is 10.0. The highest BCUT2D eigenvalue weighted by atomic mass is 16.1. The number of pyridine rings is 1. The first kappa shape index (κ1) is 12.1. The second-order valence-corrected chi connectivity index (χ2v) is 3.96. The Morgan fingerprint density at radius 3 is 2.67 bits per heavy atom. The third kappa shape index (κ3) is 3.07. The third-order valence-corrected chi connectivity index (χ3v) is 2.66. The fourth-order valence-corrected chi connectivity index (χ4v) is 1.73. The highest BCUT2D eigenvalue weighted by Crippen LogP contribution is 2.12. The van der Waals surface area contributed by atoms with Gasteiger partial charge in [0.15, 0.2) is 0 Å². The van der Waals surface area contributed by atoms with E-state index in [1.807, 2.05) is 36.4 Å². The van der Waals surface area contributed by atoms with Gasteiger partial charge in [-0.1, -0.05) is 18.2 Å². The molecule has 0 atom stereocenters. The predicted molar refractivity (Wildman–Crippen MR) is 72.2 cm³/mol. The lowest BCUT2D eigenvalue weighted by Gasteiger charge is -2.16. The Hall–Kier alpha value is -2.36. The van der Waals surface area contributed by atoms with Gasteiger partial charge in [-0.3, -0.25) is 9.78 Å². The van der Waals surface area contributed by atoms with E-state index in [2.05, 4.69) is 4.98 Å². The highest BCUT2D eigenvalue weighted by Gasteiger charge is 2.05. The molecule has 1 amide bonds. The second-order valence-electron chi connectivity index (χ2n) is 3.96. The summed E-state index contributed by atoms with van der Waals surface area (Å²) in [4.78, 5) is 16.9. The summed E-state index contributed by atoms with van der Waals surface area (Å²) in [6, 6.07) is 13.1. The molecule has 2 rings (SSSR count). The number of carbonyl (C=O) groups is 1. The number of benzene rings is 1. The van der Waals surface area contributed by atoms with E-state index in [1.54, 1.807) is 17.2 Å². The lowest BCUT2D eigenvalue weighted by molar-refractivity contribution is -0.107. The molecule has 0 radical (unpaired) electrons. The standard InChI is InChI=1S/C14H15N3O/c15-12-6-8-16-13(10-12)7-9-17(11-18)14-4-2-1-3-5-14/h1-6,8,10-11H,7,9H2,(H2,15,16). The molecule has 1 aromatic heterocycles. The van der Waals surface area contributed by atoms with Crippen LogP contribution in [-0.2, 0) is 11.2 Å². The molecule has 0 aliphatic rings. The predicted octanol–water partition coefficient (Wildman–Crippen LogP) is 1.87. The number of anilines is 2. The van der Waals surface area contributed by atoms with Crippen molar-refractivity contribution in [2.24, 2.45) is 0 Å². The van der Waals surface area contributed by atoms with Crippen molar-refractivity contribution in [2.75, 3.05) is 17.2 Å². The van der Waals surface area contributed by atoms with Crippen LogP contribution in [0.25, 0.3) is 0 Å². The number of rotatable bonds is 5. The number of hydrogen-bond donors (Lipinski definition) is 1. The molecule has 4 heteroatoms. The topological polar surface area (TPSA) is 59.2 Å². The molecule has 0 unspecified atom stereocenters. The lowest BCUT2D eigenvalue weighted by Crippen LogP contribution is -2.24. The maximum absolute atomic E-state index is 11.1. The van der Waals surface area contributed by atoms with Gasteiger partial charge in [0.25, 0.3) is 0 Å². The SMILES string of the molecule is Nc1ccnc(CCN(C=O)c2ccccc2)c1. The van der Waals surface area contributed by atoms with E-state index in [0.717, 1.165) is 17.8 Å². The summed E-state index contributed by atoms with van der Waals surface area (Å²) < 4.78 is 0. The summed E-state index contributed by atoms with van der Waals surface area (Å²) in [6.07, 6.45) is 3.19. The van der Waals surface area contributed by atoms with Crippen molar-refractivity contribution in [1.82, 2.24) is 4.98 Å². The van der Waals surface area contributed by atoms with Crippen LogP contribution in [0.4, 0.5) is 11.4 Å². The summed E-state index contributed by atoms with van der Waals surface area (Å²) >= 11 is 0. The molecule has 0 fully saturated rings. The third-order valence-electron chi connectivity index (χ3n) is 2.66. The maximum Gasteiger partial charge on any atom is 0.214 e. The molecule has 18 heavy (non-hydrogen) atoms. The van der Waals surface area contributed by atoms with Gasteiger partial charge in [0.05, 0.1) is 0 Å². The van der Waals surface area contributed by atoms with Gasteiger partial charge in [-0.15, -0.1) is 0 Å². The van der Waals surface area contributed by atoms with E-state index in [1.165, 1.54) is 0 Å². The Morgan fingerprint density at radius 1 is 1.22 bits per heavy atom. The highest BCUT2D eigenvalue weighted by molar-refractivity contribution is 5.74. The molecule has 0 bridgehead atoms. The zero-order valence-corrected chi connectivity index (χ0v) is 9.99. The summed E-state index contributed by atoms with van der Waals surface area (Å²) in [7, 11) is 0. The van der Waals surface area contributed by atoms with Crippen molar-refractivity contribution in [3.05, 3.63) is 54.4 Å². The minimum atomic E-state index is 0.587. The first-order valence-corrected chi connectivity index (χ1v) is 5.77. The van der Waals surface area contributed by atoms with Crippen molar-refractivity contribution in [3.63, 3.8) is 0 Å². The van der Waals surface area contributed by atoms with Gasteiger partial charge in [0.2, 0.25) is 6.41 Å². The number of carbonyl (C=O) groups excluding carboxylic acids is 1. The fraction of sp³-hybridized carbons (Fsp3) is 0.143. The van der Waals surface area contributed by atoms with Gasteiger partial charge < -0.3 is 10.6 Å². The summed E-state index contributed by atoms with van der Waals surface area (Å²) in [5.74, 6) is 0. The van der Waals surface area contributed by atoms with Gasteiger partial charge in [-0.25, -0.2) is 0 Å². The molecule has 92 valence electrons. The van der Waals surface area contributed by atoms with Crippen molar-refractivity contribution >= 4 is 17.8 Å². The molecule has 0 aliphatic carbocycles. The van der Waals surface area contributed by atoms with Gasteiger partial charge >= 0.3 is 0 Å². The van der Waals surface area contributed by atoms with Crippen LogP contribution in [0.1, 0.15) is 5.69 Å². The number of para-hydroxylation sites is 1. The molecular weight excluding hydrogens is 226 g/mol. The molecule has 1 aromatic carbocycles. The zero-order valence-electron chi connectivity index (χ0n) is 9.99. The van der Waals surface area contributed by atoms with Gasteiger partial charge in [-0.05, 0) is 24.3 Å². The van der Waals surface area contributed by atoms with Crippen LogP contribution in [0.15, 0.2) is 48.7 Å². The van der Waals surface area contributed by atoms with Crippen LogP contribution >= 0.6 is 0 Å². The Morgan fingerprint density at radius 2 is 2.00 bits per heavy atom. The average Bonchev–Trinajstić information content (AvgIpc) is 2.41. The number of aromatic nitrogens is 1. The molecule has 4 nitrogen and oxygen atoms in total. The monoisotopic (exact) mass is 241 g/mol. The molecule has 0 saturated heterocycles. The van der Waals surface area contributed by atoms with E-state index in [0.29, 0.717) is 18.7 Å². The second kappa shape index (κ2) is 5.82. The van der Waals surface area contributed by atoms with Crippen LogP contribution < -0.4 is 10.6 Å². The molecule has 1 heterocycles. The first-order valence-electron chi connectivity index (χ1n) is 5.77. The van der Waals surface area contributed by atoms with E-state index < -0.39 is 0 Å². The number of amides is 1. The van der Waals surface area contributed by atoms with Crippen LogP contribution in [0, 0.1) is 0 Å². The average molecular weight is 241 g/mol. The van der Waals surface area contributed by atoms with Crippen molar-refractivity contribution in [1.29, 1.82) is 0 Å². The Bertz CT molecular complexity index is 513. The molecule has 2 aromatic rings. The number of nitrogen functional groups attached to an aromatic ring is 1. The lowest BCUT2D eigenvalue weighted by atomic mass is 10.2. The minimum Gasteiger partial charge on any atom is -0.399 e. The van der Waals surface area contributed by atoms with Gasteiger partial charge in [-0.2, -0.15) is 0 Å². The van der Waals surface area contributed by atoms with Crippen molar-refractivity contribution in [3.8, 4) is 0 Å². The molecule has 0 spiro atoms. The van der Waals surface area contributed by atoms with E-state index in [9.17, 15) is 4.79 Å². The van der Waals surface area contributed by atoms with Crippen LogP contribution in [0.2, 0.25) is 0 Å². The summed E-state index contributed by atoms with van der Waals surface area (Å²) in [5, 5.41) is 0. The van der Waals surface area contributed by atoms with Crippen LogP contribution in [-0.4, -0.2) is 17.9 Å². The van der Waals surface area contributed by atoms with Gasteiger partial charge in [0, 0.05) is 36.2 Å². The fourth-order valence-electron chi connectivity index (χ4n) is 1.73. The summed E-state index contributed by atoms with van der Waals surface area (Å²) in [5.41, 5.74) is 8.15. The smallest absolute Gasteiger partial charge is 0.214 e. The molecule has 2 N–H and O–H groups in total. The van der Waals surface area contributed by atoms with E-state index in [4.69, 9.17) is 5.73 Å². The minimum absolute atomic E-state index is 0.587. The first-order chi connectivity index (χ1) is 8.79. The van der Waals surface area contributed by atoms with E-state index >= 15 is 0 Å². The van der Waals surface area contributed by atoms with Crippen molar-refractivity contribution < 1.29 is 4.79 Å². The van der Waals surface area contributed by atoms with Crippen molar-refractivity contribution in [2.45, 2.75) is 6.42 Å². The quantitative estimate of drug-likeness (QED) is 0.813. The van der Waals surface area contributed by atoms with E-state index in [-0.39, 0.29) is 0 Å². The number of hydrogen-bond acceptors (Lipinski definition) is 3. The maximum atomic E-state index is 11.1. The Balaban J connectivity index is 2.02. The largest absolute Gasteiger partial charge is 0.399 e. The zero-order chi connectivity index (χ0) is 12.8. The molecule has 0 aliphatic heterocycles. The number of nitrogens with two attached hydrogens (primary N) is 1. The molecule has 0 saturated carbocycles. The Labute approximate surface area is 106 Å². The van der Waals surface area contributed by atoms with Gasteiger partial charge in [0.1, 0.15) is 0 Å². The van der Waals surface area contributed by atoms with Crippen LogP contribution in [0.5, 0.6) is 0 Å². The number of nitrogens with zero attached hydrogens (tertiary/aromatic N) is 2. The summed E-state index contributed by atoms with van der Waals surface area (Å²) in [6.45, 7) is 0.587. The Kier molecular flexibility index (Phi) is 3.91. The molecular formula is C14H15N3O. The van der Waals surface area contributed by atoms with Crippen LogP contribution in [0.3, 0.4) is 0 Å².